The van der Waals surface area contributed by atoms with Crippen LogP contribution in [0, 0.1) is 0 Å². The van der Waals surface area contributed by atoms with E-state index >= 15 is 0 Å². The van der Waals surface area contributed by atoms with Crippen molar-refractivity contribution >= 4 is 23.7 Å². The third-order valence-electron chi connectivity index (χ3n) is 5.92. The van der Waals surface area contributed by atoms with Crippen LogP contribution in [0.1, 0.15) is 37.7 Å². The monoisotopic (exact) mass is 493 g/mol. The Morgan fingerprint density at radius 3 is 2.37 bits per heavy atom. The Hall–Kier alpha value is -3.22. The van der Waals surface area contributed by atoms with Gasteiger partial charge in [0.05, 0.1) is 12.6 Å². The molecule has 0 aliphatic carbocycles. The average molecular weight is 494 g/mol. The van der Waals surface area contributed by atoms with Gasteiger partial charge in [0.2, 0.25) is 17.7 Å². The molecule has 1 aromatic rings. The number of likely N-dealkylation sites (tertiary alicyclic amines) is 1. The highest BCUT2D eigenvalue weighted by Crippen LogP contribution is 2.20. The number of benzene rings is 1. The minimum atomic E-state index is -1.37. The summed E-state index contributed by atoms with van der Waals surface area (Å²) in [5, 5.41) is 33.1. The summed E-state index contributed by atoms with van der Waals surface area (Å²) in [6, 6.07) is 1.97. The van der Waals surface area contributed by atoms with Gasteiger partial charge in [-0.2, -0.15) is 0 Å². The first kappa shape index (κ1) is 28.0. The molecule has 9 N–H and O–H groups in total. The number of nitrogens with one attached hydrogen (secondary N) is 2. The van der Waals surface area contributed by atoms with Gasteiger partial charge in [-0.15, -0.1) is 0 Å². The summed E-state index contributed by atoms with van der Waals surface area (Å²) in [6.07, 6.45) is 2.39. The van der Waals surface area contributed by atoms with Crippen LogP contribution in [0.25, 0.3) is 0 Å². The fourth-order valence-corrected chi connectivity index (χ4v) is 3.97. The SMILES string of the molecule is NCCCCC(NC(=O)C(CO)NC(=O)C1CCCN1C(=O)C(N)Cc1ccc(O)cc1)C(=O)O. The number of phenols is 1. The number of aromatic hydroxyl groups is 1. The summed E-state index contributed by atoms with van der Waals surface area (Å²) in [5.74, 6) is -3.02. The van der Waals surface area contributed by atoms with E-state index in [2.05, 4.69) is 10.6 Å². The minimum Gasteiger partial charge on any atom is -0.508 e. The first-order chi connectivity index (χ1) is 16.7. The maximum atomic E-state index is 12.9. The number of nitrogens with two attached hydrogens (primary N) is 2. The molecule has 0 bridgehead atoms. The van der Waals surface area contributed by atoms with Crippen LogP contribution in [0.4, 0.5) is 0 Å². The molecule has 1 aliphatic rings. The number of carbonyl (C=O) groups excluding carboxylic acids is 3. The van der Waals surface area contributed by atoms with Gasteiger partial charge in [0.25, 0.3) is 0 Å². The van der Waals surface area contributed by atoms with Gasteiger partial charge in [-0.3, -0.25) is 14.4 Å². The zero-order valence-electron chi connectivity index (χ0n) is 19.6. The van der Waals surface area contributed by atoms with E-state index in [9.17, 15) is 34.5 Å². The molecule has 194 valence electrons. The van der Waals surface area contributed by atoms with Crippen LogP contribution >= 0.6 is 0 Å². The van der Waals surface area contributed by atoms with Gasteiger partial charge < -0.3 is 42.3 Å². The van der Waals surface area contributed by atoms with E-state index in [0.717, 1.165) is 5.56 Å². The second kappa shape index (κ2) is 13.6. The number of carboxylic acids is 1. The number of unbranched alkanes of at least 4 members (excludes halogenated alkanes) is 1. The average Bonchev–Trinajstić information content (AvgIpc) is 3.32. The molecular weight excluding hydrogens is 458 g/mol. The molecule has 1 saturated heterocycles. The standard InChI is InChI=1S/C23H35N5O7/c24-10-2-1-4-17(23(34)35)26-20(31)18(13-29)27-21(32)19-5-3-11-28(19)22(33)16(25)12-14-6-8-15(30)9-7-14/h6-9,16-19,29-30H,1-5,10-13,24-25H2,(H,26,31)(H,27,32)(H,34,35). The molecule has 1 aromatic carbocycles. The van der Waals surface area contributed by atoms with Crippen LogP contribution in [0.2, 0.25) is 0 Å². The lowest BCUT2D eigenvalue weighted by Crippen LogP contribution is -2.57. The van der Waals surface area contributed by atoms with E-state index in [1.807, 2.05) is 0 Å². The van der Waals surface area contributed by atoms with Crippen molar-refractivity contribution in [1.29, 1.82) is 0 Å². The van der Waals surface area contributed by atoms with Gasteiger partial charge in [-0.1, -0.05) is 12.1 Å². The van der Waals surface area contributed by atoms with E-state index < -0.39 is 54.5 Å². The fourth-order valence-electron chi connectivity index (χ4n) is 3.97. The molecule has 12 nitrogen and oxygen atoms in total. The molecule has 0 spiro atoms. The van der Waals surface area contributed by atoms with Crippen LogP contribution in [0.5, 0.6) is 5.75 Å². The highest BCUT2D eigenvalue weighted by atomic mass is 16.4. The van der Waals surface area contributed by atoms with Crippen molar-refractivity contribution in [3.05, 3.63) is 29.8 Å². The number of carboxylic acid groups (broad SMARTS) is 1. The van der Waals surface area contributed by atoms with Crippen molar-refractivity contribution in [3.63, 3.8) is 0 Å². The van der Waals surface area contributed by atoms with E-state index in [4.69, 9.17) is 11.5 Å². The summed E-state index contributed by atoms with van der Waals surface area (Å²) in [4.78, 5) is 51.2. The predicted molar refractivity (Wildman–Crippen MR) is 126 cm³/mol. The molecule has 1 fully saturated rings. The van der Waals surface area contributed by atoms with Crippen molar-refractivity contribution in [2.75, 3.05) is 19.7 Å². The number of hydrogen-bond acceptors (Lipinski definition) is 8. The molecule has 4 atom stereocenters. The van der Waals surface area contributed by atoms with Crippen LogP contribution in [-0.4, -0.2) is 87.8 Å². The fraction of sp³-hybridized carbons (Fsp3) is 0.565. The Balaban J connectivity index is 1.98. The number of amides is 3. The van der Waals surface area contributed by atoms with Gasteiger partial charge in [0.1, 0.15) is 23.9 Å². The number of phenolic OH excluding ortho intramolecular Hbond substituents is 1. The minimum absolute atomic E-state index is 0.0950. The topological polar surface area (TPSA) is 208 Å². The highest BCUT2D eigenvalue weighted by molar-refractivity contribution is 5.94. The molecule has 4 unspecified atom stereocenters. The van der Waals surface area contributed by atoms with Crippen LogP contribution in [0.3, 0.4) is 0 Å². The molecule has 1 aliphatic heterocycles. The number of nitrogens with zero attached hydrogens (tertiary/aromatic N) is 1. The summed E-state index contributed by atoms with van der Waals surface area (Å²) >= 11 is 0. The largest absolute Gasteiger partial charge is 0.508 e. The molecular formula is C23H35N5O7. The lowest BCUT2D eigenvalue weighted by Gasteiger charge is -2.28. The maximum Gasteiger partial charge on any atom is 0.326 e. The predicted octanol–water partition coefficient (Wildman–Crippen LogP) is -1.57. The van der Waals surface area contributed by atoms with E-state index in [0.29, 0.717) is 38.8 Å². The van der Waals surface area contributed by atoms with E-state index in [1.54, 1.807) is 12.1 Å². The summed E-state index contributed by atoms with van der Waals surface area (Å²) in [7, 11) is 0. The van der Waals surface area contributed by atoms with Crippen molar-refractivity contribution in [1.82, 2.24) is 15.5 Å². The zero-order chi connectivity index (χ0) is 26.0. The van der Waals surface area contributed by atoms with Gasteiger partial charge in [-0.05, 0) is 62.8 Å². The second-order valence-corrected chi connectivity index (χ2v) is 8.59. The van der Waals surface area contributed by atoms with Crippen molar-refractivity contribution in [2.45, 2.75) is 62.7 Å². The molecule has 0 radical (unpaired) electrons. The number of rotatable bonds is 13. The molecule has 35 heavy (non-hydrogen) atoms. The van der Waals surface area contributed by atoms with E-state index in [1.165, 1.54) is 17.0 Å². The molecule has 0 aromatic heterocycles. The van der Waals surface area contributed by atoms with Crippen molar-refractivity contribution in [2.24, 2.45) is 11.5 Å². The van der Waals surface area contributed by atoms with Crippen molar-refractivity contribution < 1.29 is 34.5 Å². The quantitative estimate of drug-likeness (QED) is 0.158. The van der Waals surface area contributed by atoms with Crippen LogP contribution < -0.4 is 22.1 Å². The second-order valence-electron chi connectivity index (χ2n) is 8.59. The van der Waals surface area contributed by atoms with Crippen LogP contribution in [0.15, 0.2) is 24.3 Å². The Bertz CT molecular complexity index is 880. The molecule has 3 amide bonds. The van der Waals surface area contributed by atoms with Gasteiger partial charge >= 0.3 is 5.97 Å². The Labute approximate surface area is 203 Å². The smallest absolute Gasteiger partial charge is 0.326 e. The number of aliphatic carboxylic acids is 1. The van der Waals surface area contributed by atoms with Gasteiger partial charge in [0, 0.05) is 6.54 Å². The molecule has 2 rings (SSSR count). The molecule has 12 heteroatoms. The third-order valence-corrected chi connectivity index (χ3v) is 5.92. The summed E-state index contributed by atoms with van der Waals surface area (Å²) in [6.45, 7) is -0.0308. The normalized spacial score (nSPS) is 17.9. The lowest BCUT2D eigenvalue weighted by atomic mass is 10.0. The van der Waals surface area contributed by atoms with E-state index in [-0.39, 0.29) is 18.6 Å². The maximum absolute atomic E-state index is 12.9. The first-order valence-corrected chi connectivity index (χ1v) is 11.7. The van der Waals surface area contributed by atoms with Gasteiger partial charge in [-0.25, -0.2) is 4.79 Å². The third kappa shape index (κ3) is 8.19. The first-order valence-electron chi connectivity index (χ1n) is 11.7. The molecule has 0 saturated carbocycles. The number of aliphatic hydroxyl groups excluding tert-OH is 1. The number of carbonyl (C=O) groups is 4. The summed E-state index contributed by atoms with van der Waals surface area (Å²) in [5.41, 5.74) is 12.2. The number of hydrogen-bond donors (Lipinski definition) is 7. The van der Waals surface area contributed by atoms with Crippen LogP contribution in [-0.2, 0) is 25.6 Å². The Morgan fingerprint density at radius 2 is 1.77 bits per heavy atom. The zero-order valence-corrected chi connectivity index (χ0v) is 19.6. The van der Waals surface area contributed by atoms with Crippen molar-refractivity contribution in [3.8, 4) is 5.75 Å². The number of aliphatic hydroxyl groups is 1. The lowest BCUT2D eigenvalue weighted by molar-refractivity contribution is -0.143. The highest BCUT2D eigenvalue weighted by Gasteiger charge is 2.37. The molecule has 1 heterocycles. The van der Waals surface area contributed by atoms with Gasteiger partial charge in [0.15, 0.2) is 0 Å². The Morgan fingerprint density at radius 1 is 1.09 bits per heavy atom. The summed E-state index contributed by atoms with van der Waals surface area (Å²) < 4.78 is 0. The Kier molecular flexibility index (Phi) is 10.9.